The molecule has 39 heavy (non-hydrogen) atoms. The Hall–Kier alpha value is -4.22. The van der Waals surface area contributed by atoms with Gasteiger partial charge in [0.2, 0.25) is 0 Å². The minimum atomic E-state index is -0.0520. The maximum absolute atomic E-state index is 13.5. The Morgan fingerprint density at radius 2 is 1.56 bits per heavy atom. The third kappa shape index (κ3) is 5.64. The van der Waals surface area contributed by atoms with Gasteiger partial charge in [-0.25, -0.2) is 4.99 Å². The van der Waals surface area contributed by atoms with Crippen LogP contribution in [0.2, 0.25) is 0 Å². The first-order valence-corrected chi connectivity index (χ1v) is 14.3. The molecule has 1 aromatic heterocycles. The standard InChI is InChI=1S/C34H30N2O2S/c37-33(35-21-24-11-3-1-4-12-24)32-28-17-9-10-18-31(28)39-34(32)36-22-29-27-16-8-7-15-26(27)19-20-30(29)38-23-25-13-5-2-6-14-25/h1-8,11-16,19-20,22H,9-10,17-18,21,23H2,(H,35,37). The van der Waals surface area contributed by atoms with Gasteiger partial charge in [0.1, 0.15) is 17.4 Å². The summed E-state index contributed by atoms with van der Waals surface area (Å²) in [6, 6.07) is 32.5. The van der Waals surface area contributed by atoms with Gasteiger partial charge in [-0.3, -0.25) is 4.79 Å². The summed E-state index contributed by atoms with van der Waals surface area (Å²) < 4.78 is 6.30. The van der Waals surface area contributed by atoms with E-state index in [0.29, 0.717) is 13.2 Å². The molecule has 0 bridgehead atoms. The van der Waals surface area contributed by atoms with Crippen LogP contribution < -0.4 is 10.1 Å². The number of hydrogen-bond donors (Lipinski definition) is 1. The van der Waals surface area contributed by atoms with Crippen molar-refractivity contribution in [3.8, 4) is 5.75 Å². The van der Waals surface area contributed by atoms with Crippen molar-refractivity contribution in [3.05, 3.63) is 130 Å². The molecule has 1 amide bonds. The van der Waals surface area contributed by atoms with Crippen molar-refractivity contribution in [2.45, 2.75) is 38.8 Å². The lowest BCUT2D eigenvalue weighted by Gasteiger charge is -2.13. The van der Waals surface area contributed by atoms with Gasteiger partial charge in [0.05, 0.1) is 5.56 Å². The molecule has 0 fully saturated rings. The number of ether oxygens (including phenoxy) is 1. The average molecular weight is 531 g/mol. The first-order valence-electron chi connectivity index (χ1n) is 13.5. The topological polar surface area (TPSA) is 50.7 Å². The molecule has 1 aliphatic rings. The molecule has 4 aromatic carbocycles. The Bertz CT molecular complexity index is 1620. The second-order valence-electron chi connectivity index (χ2n) is 9.79. The van der Waals surface area contributed by atoms with Gasteiger partial charge in [-0.2, -0.15) is 0 Å². The Labute approximate surface area is 233 Å². The molecule has 0 atom stereocenters. The number of amides is 1. The van der Waals surface area contributed by atoms with Crippen molar-refractivity contribution in [1.29, 1.82) is 0 Å². The van der Waals surface area contributed by atoms with Crippen LogP contribution in [-0.2, 0) is 26.0 Å². The molecule has 6 rings (SSSR count). The van der Waals surface area contributed by atoms with Gasteiger partial charge in [0.25, 0.3) is 5.91 Å². The van der Waals surface area contributed by atoms with E-state index in [2.05, 4.69) is 35.6 Å². The van der Waals surface area contributed by atoms with E-state index in [-0.39, 0.29) is 5.91 Å². The van der Waals surface area contributed by atoms with Crippen molar-refractivity contribution in [1.82, 2.24) is 5.32 Å². The van der Waals surface area contributed by atoms with E-state index in [1.165, 1.54) is 10.4 Å². The lowest BCUT2D eigenvalue weighted by Crippen LogP contribution is -2.24. The molecule has 0 unspecified atom stereocenters. The van der Waals surface area contributed by atoms with Gasteiger partial charge in [-0.1, -0.05) is 91.0 Å². The van der Waals surface area contributed by atoms with E-state index in [4.69, 9.17) is 9.73 Å². The number of thiophene rings is 1. The molecule has 0 saturated carbocycles. The molecule has 0 radical (unpaired) electrons. The summed E-state index contributed by atoms with van der Waals surface area (Å²) in [7, 11) is 0. The van der Waals surface area contributed by atoms with Gasteiger partial charge >= 0.3 is 0 Å². The molecule has 0 spiro atoms. The number of fused-ring (bicyclic) bond motifs is 2. The highest BCUT2D eigenvalue weighted by Gasteiger charge is 2.25. The molecule has 0 saturated heterocycles. The van der Waals surface area contributed by atoms with E-state index >= 15 is 0 Å². The van der Waals surface area contributed by atoms with Crippen LogP contribution in [0.4, 0.5) is 5.00 Å². The zero-order valence-corrected chi connectivity index (χ0v) is 22.5. The van der Waals surface area contributed by atoms with E-state index in [1.807, 2.05) is 72.9 Å². The Kier molecular flexibility index (Phi) is 7.50. The van der Waals surface area contributed by atoms with Crippen LogP contribution in [0, 0.1) is 0 Å². The molecule has 1 heterocycles. The van der Waals surface area contributed by atoms with E-state index in [1.54, 1.807) is 11.3 Å². The number of nitrogens with one attached hydrogen (secondary N) is 1. The summed E-state index contributed by atoms with van der Waals surface area (Å²) in [5.74, 6) is 0.724. The first-order chi connectivity index (χ1) is 19.3. The van der Waals surface area contributed by atoms with Crippen molar-refractivity contribution < 1.29 is 9.53 Å². The van der Waals surface area contributed by atoms with Crippen LogP contribution in [0.3, 0.4) is 0 Å². The predicted molar refractivity (Wildman–Crippen MR) is 161 cm³/mol. The normalized spacial score (nSPS) is 12.9. The van der Waals surface area contributed by atoms with E-state index in [9.17, 15) is 4.79 Å². The summed E-state index contributed by atoms with van der Waals surface area (Å²) in [5.41, 5.74) is 5.01. The van der Waals surface area contributed by atoms with Crippen molar-refractivity contribution in [2.75, 3.05) is 0 Å². The summed E-state index contributed by atoms with van der Waals surface area (Å²) in [6.45, 7) is 0.967. The first kappa shape index (κ1) is 25.1. The van der Waals surface area contributed by atoms with Gasteiger partial charge in [-0.05, 0) is 59.2 Å². The summed E-state index contributed by atoms with van der Waals surface area (Å²) in [4.78, 5) is 19.8. The number of nitrogens with zero attached hydrogens (tertiary/aromatic N) is 1. The maximum atomic E-state index is 13.5. The number of aliphatic imine (C=N–C) groups is 1. The number of carbonyl (C=O) groups excluding carboxylic acids is 1. The maximum Gasteiger partial charge on any atom is 0.254 e. The fraction of sp³-hybridized carbons (Fsp3) is 0.176. The van der Waals surface area contributed by atoms with Crippen LogP contribution >= 0.6 is 11.3 Å². The molecular formula is C34H30N2O2S. The highest BCUT2D eigenvalue weighted by atomic mass is 32.1. The van der Waals surface area contributed by atoms with Crippen LogP contribution in [0.1, 0.15) is 50.3 Å². The second-order valence-corrected chi connectivity index (χ2v) is 10.9. The fourth-order valence-electron chi connectivity index (χ4n) is 5.14. The molecule has 5 heteroatoms. The van der Waals surface area contributed by atoms with Crippen LogP contribution in [-0.4, -0.2) is 12.1 Å². The Morgan fingerprint density at radius 3 is 2.38 bits per heavy atom. The number of carbonyl (C=O) groups is 1. The van der Waals surface area contributed by atoms with Crippen molar-refractivity contribution >= 4 is 39.2 Å². The zero-order chi connectivity index (χ0) is 26.4. The molecule has 1 aliphatic carbocycles. The van der Waals surface area contributed by atoms with E-state index < -0.39 is 0 Å². The summed E-state index contributed by atoms with van der Waals surface area (Å²) in [5, 5.41) is 6.11. The molecule has 0 aliphatic heterocycles. The van der Waals surface area contributed by atoms with Crippen molar-refractivity contribution in [3.63, 3.8) is 0 Å². The second kappa shape index (κ2) is 11.7. The molecular weight excluding hydrogens is 500 g/mol. The predicted octanol–water partition coefficient (Wildman–Crippen LogP) is 8.04. The lowest BCUT2D eigenvalue weighted by atomic mass is 9.95. The molecule has 4 nitrogen and oxygen atoms in total. The minimum Gasteiger partial charge on any atom is -0.488 e. The Balaban J connectivity index is 1.34. The van der Waals surface area contributed by atoms with Gasteiger partial charge in [0.15, 0.2) is 0 Å². The van der Waals surface area contributed by atoms with Gasteiger partial charge < -0.3 is 10.1 Å². The monoisotopic (exact) mass is 530 g/mol. The number of aryl methyl sites for hydroxylation is 1. The fourth-order valence-corrected chi connectivity index (χ4v) is 6.37. The highest BCUT2D eigenvalue weighted by Crippen LogP contribution is 2.40. The smallest absolute Gasteiger partial charge is 0.254 e. The largest absolute Gasteiger partial charge is 0.488 e. The van der Waals surface area contributed by atoms with Gasteiger partial charge in [-0.15, -0.1) is 11.3 Å². The molecule has 5 aromatic rings. The molecule has 194 valence electrons. The van der Waals surface area contributed by atoms with Crippen molar-refractivity contribution in [2.24, 2.45) is 4.99 Å². The SMILES string of the molecule is O=C(NCc1ccccc1)c1c(N=Cc2c(OCc3ccccc3)ccc3ccccc23)sc2c1CCCC2. The minimum absolute atomic E-state index is 0.0520. The number of benzene rings is 4. The van der Waals surface area contributed by atoms with Crippen LogP contribution in [0.5, 0.6) is 5.75 Å². The summed E-state index contributed by atoms with van der Waals surface area (Å²) >= 11 is 1.65. The third-order valence-electron chi connectivity index (χ3n) is 7.15. The third-order valence-corrected chi connectivity index (χ3v) is 8.35. The highest BCUT2D eigenvalue weighted by molar-refractivity contribution is 7.16. The number of hydrogen-bond acceptors (Lipinski definition) is 4. The quantitative estimate of drug-likeness (QED) is 0.206. The molecule has 1 N–H and O–H groups in total. The van der Waals surface area contributed by atoms with E-state index in [0.717, 1.165) is 69.5 Å². The average Bonchev–Trinajstić information content (AvgIpc) is 3.37. The Morgan fingerprint density at radius 1 is 0.846 bits per heavy atom. The lowest BCUT2D eigenvalue weighted by molar-refractivity contribution is 0.0951. The van der Waals surface area contributed by atoms with Crippen LogP contribution in [0.15, 0.2) is 102 Å². The summed E-state index contributed by atoms with van der Waals surface area (Å²) in [6.07, 6.45) is 6.08. The van der Waals surface area contributed by atoms with Crippen LogP contribution in [0.25, 0.3) is 10.8 Å². The zero-order valence-electron chi connectivity index (χ0n) is 21.7. The number of rotatable bonds is 8. The van der Waals surface area contributed by atoms with Gasteiger partial charge in [0, 0.05) is 23.2 Å².